The van der Waals surface area contributed by atoms with Crippen LogP contribution in [0.3, 0.4) is 0 Å². The van der Waals surface area contributed by atoms with Crippen LogP contribution >= 0.6 is 0 Å². The molecule has 0 fully saturated rings. The second-order valence-corrected chi connectivity index (χ2v) is 4.69. The van der Waals surface area contributed by atoms with E-state index >= 15 is 0 Å². The van der Waals surface area contributed by atoms with Gasteiger partial charge in [-0.05, 0) is 12.1 Å². The van der Waals surface area contributed by atoms with Crippen LogP contribution in [0.4, 0.5) is 0 Å². The first kappa shape index (κ1) is 10.0. The van der Waals surface area contributed by atoms with Crippen LogP contribution in [0.1, 0.15) is 20.7 Å². The molecular formula is C10H9NO3S. The first-order chi connectivity index (χ1) is 7.11. The number of imide groups is 1. The molecule has 1 aromatic carbocycles. The van der Waals surface area contributed by atoms with Crippen LogP contribution in [0.5, 0.6) is 0 Å². The van der Waals surface area contributed by atoms with E-state index in [1.807, 2.05) is 0 Å². The van der Waals surface area contributed by atoms with Crippen molar-refractivity contribution in [1.82, 2.24) is 4.90 Å². The monoisotopic (exact) mass is 223 g/mol. The van der Waals surface area contributed by atoms with Crippen molar-refractivity contribution in [3.63, 3.8) is 0 Å². The Morgan fingerprint density at radius 1 is 1.13 bits per heavy atom. The third-order valence-electron chi connectivity index (χ3n) is 2.19. The molecule has 1 unspecified atom stereocenters. The molecule has 1 aromatic rings. The van der Waals surface area contributed by atoms with Crippen molar-refractivity contribution in [2.45, 2.75) is 0 Å². The van der Waals surface area contributed by atoms with Gasteiger partial charge < -0.3 is 0 Å². The molecule has 0 saturated heterocycles. The Hall–Kier alpha value is -1.49. The minimum Gasteiger partial charge on any atom is -0.269 e. The lowest BCUT2D eigenvalue weighted by molar-refractivity contribution is 0.0682. The maximum atomic E-state index is 11.7. The summed E-state index contributed by atoms with van der Waals surface area (Å²) in [6, 6.07) is 6.62. The van der Waals surface area contributed by atoms with Crippen molar-refractivity contribution in [1.29, 1.82) is 0 Å². The fraction of sp³-hybridized carbons (Fsp3) is 0.200. The number of rotatable bonds is 2. The largest absolute Gasteiger partial charge is 0.269 e. The van der Waals surface area contributed by atoms with E-state index in [2.05, 4.69) is 0 Å². The van der Waals surface area contributed by atoms with E-state index in [-0.39, 0.29) is 17.7 Å². The molecule has 0 aromatic heterocycles. The topological polar surface area (TPSA) is 54.5 Å². The Labute approximate surface area is 89.3 Å². The van der Waals surface area contributed by atoms with Crippen molar-refractivity contribution in [3.8, 4) is 0 Å². The lowest BCUT2D eigenvalue weighted by Gasteiger charge is -2.10. The van der Waals surface area contributed by atoms with Crippen molar-refractivity contribution in [2.75, 3.05) is 12.1 Å². The van der Waals surface area contributed by atoms with Gasteiger partial charge in [0, 0.05) is 17.1 Å². The molecule has 2 amide bonds. The zero-order chi connectivity index (χ0) is 11.0. The molecule has 1 atom stereocenters. The first-order valence-electron chi connectivity index (χ1n) is 4.36. The van der Waals surface area contributed by atoms with Gasteiger partial charge in [0.15, 0.2) is 0 Å². The molecule has 1 heterocycles. The number of hydrogen-bond acceptors (Lipinski definition) is 3. The van der Waals surface area contributed by atoms with Crippen LogP contribution in [-0.4, -0.2) is 33.1 Å². The highest BCUT2D eigenvalue weighted by Gasteiger charge is 2.35. The number of nitrogens with zero attached hydrogens (tertiary/aromatic N) is 1. The van der Waals surface area contributed by atoms with Crippen LogP contribution < -0.4 is 0 Å². The minimum absolute atomic E-state index is 0.0354. The van der Waals surface area contributed by atoms with E-state index in [0.29, 0.717) is 11.1 Å². The number of carbonyl (C=O) groups excluding carboxylic acids is 2. The fourth-order valence-electron chi connectivity index (χ4n) is 1.54. The molecule has 0 N–H and O–H groups in total. The quantitative estimate of drug-likeness (QED) is 0.690. The molecule has 0 spiro atoms. The third kappa shape index (κ3) is 1.59. The van der Waals surface area contributed by atoms with Crippen LogP contribution in [-0.2, 0) is 10.8 Å². The van der Waals surface area contributed by atoms with Crippen LogP contribution in [0.2, 0.25) is 0 Å². The van der Waals surface area contributed by atoms with Gasteiger partial charge in [-0.1, -0.05) is 12.1 Å². The molecule has 4 nitrogen and oxygen atoms in total. The Morgan fingerprint density at radius 2 is 1.60 bits per heavy atom. The van der Waals surface area contributed by atoms with Gasteiger partial charge in [-0.2, -0.15) is 0 Å². The summed E-state index contributed by atoms with van der Waals surface area (Å²) in [6.45, 7) is 0. The summed E-state index contributed by atoms with van der Waals surface area (Å²) in [5.41, 5.74) is 0.793. The number of amides is 2. The van der Waals surface area contributed by atoms with Crippen molar-refractivity contribution in [2.24, 2.45) is 0 Å². The van der Waals surface area contributed by atoms with E-state index in [0.717, 1.165) is 4.90 Å². The summed E-state index contributed by atoms with van der Waals surface area (Å²) >= 11 is 0. The third-order valence-corrected chi connectivity index (χ3v) is 2.81. The normalized spacial score (nSPS) is 16.7. The molecule has 78 valence electrons. The predicted octanol–water partition coefficient (Wildman–Crippen LogP) is 0.619. The van der Waals surface area contributed by atoms with Crippen molar-refractivity contribution < 1.29 is 13.8 Å². The number of carbonyl (C=O) groups is 2. The summed E-state index contributed by atoms with van der Waals surface area (Å²) in [6.07, 6.45) is 1.46. The highest BCUT2D eigenvalue weighted by molar-refractivity contribution is 7.84. The van der Waals surface area contributed by atoms with E-state index < -0.39 is 10.8 Å². The molecule has 1 aliphatic rings. The van der Waals surface area contributed by atoms with Gasteiger partial charge in [-0.15, -0.1) is 0 Å². The maximum absolute atomic E-state index is 11.7. The molecule has 1 aliphatic heterocycles. The van der Waals surface area contributed by atoms with Gasteiger partial charge >= 0.3 is 0 Å². The van der Waals surface area contributed by atoms with Gasteiger partial charge in [0.05, 0.1) is 11.1 Å². The average molecular weight is 223 g/mol. The smallest absolute Gasteiger partial charge is 0.262 e. The summed E-state index contributed by atoms with van der Waals surface area (Å²) in [5, 5.41) is 0. The van der Waals surface area contributed by atoms with Gasteiger partial charge in [-0.3, -0.25) is 18.7 Å². The molecule has 0 saturated carbocycles. The Kier molecular flexibility index (Phi) is 2.40. The van der Waals surface area contributed by atoms with Gasteiger partial charge in [-0.25, -0.2) is 0 Å². The number of fused-ring (bicyclic) bond motifs is 1. The van der Waals surface area contributed by atoms with Gasteiger partial charge in [0.1, 0.15) is 5.88 Å². The average Bonchev–Trinajstić information content (AvgIpc) is 2.44. The SMILES string of the molecule is CS(=O)CN1C(=O)c2ccccc2C1=O. The Bertz CT molecular complexity index is 434. The lowest BCUT2D eigenvalue weighted by Crippen LogP contribution is -2.32. The zero-order valence-electron chi connectivity index (χ0n) is 8.10. The predicted molar refractivity (Wildman–Crippen MR) is 55.9 cm³/mol. The Balaban J connectivity index is 2.41. The summed E-state index contributed by atoms with van der Waals surface area (Å²) in [7, 11) is -1.20. The summed E-state index contributed by atoms with van der Waals surface area (Å²) in [5.74, 6) is -0.747. The van der Waals surface area contributed by atoms with Crippen LogP contribution in [0, 0.1) is 0 Å². The molecule has 5 heteroatoms. The van der Waals surface area contributed by atoms with Gasteiger partial charge in [0.25, 0.3) is 11.8 Å². The number of benzene rings is 1. The maximum Gasteiger partial charge on any atom is 0.262 e. The number of hydrogen-bond donors (Lipinski definition) is 0. The van der Waals surface area contributed by atoms with Crippen LogP contribution in [0.15, 0.2) is 24.3 Å². The second kappa shape index (κ2) is 3.58. The first-order valence-corrected chi connectivity index (χ1v) is 6.09. The van der Waals surface area contributed by atoms with E-state index in [1.165, 1.54) is 6.26 Å². The molecule has 0 radical (unpaired) electrons. The highest BCUT2D eigenvalue weighted by Crippen LogP contribution is 2.22. The van der Waals surface area contributed by atoms with E-state index in [9.17, 15) is 13.8 Å². The zero-order valence-corrected chi connectivity index (χ0v) is 8.91. The molecular weight excluding hydrogens is 214 g/mol. The minimum atomic E-state index is -1.20. The lowest BCUT2D eigenvalue weighted by atomic mass is 10.1. The molecule has 0 aliphatic carbocycles. The fourth-order valence-corrected chi connectivity index (χ4v) is 2.14. The molecule has 15 heavy (non-hydrogen) atoms. The second-order valence-electron chi connectivity index (χ2n) is 3.29. The van der Waals surface area contributed by atoms with Crippen molar-refractivity contribution >= 4 is 22.6 Å². The van der Waals surface area contributed by atoms with Crippen molar-refractivity contribution in [3.05, 3.63) is 35.4 Å². The van der Waals surface area contributed by atoms with Crippen LogP contribution in [0.25, 0.3) is 0 Å². The standard InChI is InChI=1S/C10H9NO3S/c1-15(14)6-11-9(12)7-4-2-3-5-8(7)10(11)13/h2-5H,6H2,1H3. The highest BCUT2D eigenvalue weighted by atomic mass is 32.2. The summed E-state index contributed by atoms with van der Waals surface area (Å²) < 4.78 is 11.0. The molecule has 0 bridgehead atoms. The summed E-state index contributed by atoms with van der Waals surface area (Å²) in [4.78, 5) is 24.5. The van der Waals surface area contributed by atoms with E-state index in [4.69, 9.17) is 0 Å². The molecule has 2 rings (SSSR count). The Morgan fingerprint density at radius 3 is 2.00 bits per heavy atom. The van der Waals surface area contributed by atoms with E-state index in [1.54, 1.807) is 24.3 Å². The van der Waals surface area contributed by atoms with Gasteiger partial charge in [0.2, 0.25) is 0 Å².